The van der Waals surface area contributed by atoms with Gasteiger partial charge in [0.1, 0.15) is 5.69 Å². The molecule has 4 heteroatoms. The molecule has 0 unspecified atom stereocenters. The molecule has 0 fully saturated rings. The maximum absolute atomic E-state index is 5.66. The molecule has 0 amide bonds. The van der Waals surface area contributed by atoms with Crippen molar-refractivity contribution in [2.24, 2.45) is 0 Å². The van der Waals surface area contributed by atoms with Gasteiger partial charge in [0.15, 0.2) is 0 Å². The summed E-state index contributed by atoms with van der Waals surface area (Å²) in [5, 5.41) is 0. The van der Waals surface area contributed by atoms with E-state index in [1.54, 1.807) is 0 Å². The molecule has 1 aliphatic rings. The second-order valence-electron chi connectivity index (χ2n) is 4.70. The van der Waals surface area contributed by atoms with Crippen LogP contribution in [0.4, 0.5) is 0 Å². The summed E-state index contributed by atoms with van der Waals surface area (Å²) in [6.45, 7) is 2.60. The van der Waals surface area contributed by atoms with Gasteiger partial charge in [0, 0.05) is 5.75 Å². The molecule has 0 aliphatic carbocycles. The van der Waals surface area contributed by atoms with E-state index in [1.807, 2.05) is 43.0 Å². The molecule has 3 nitrogen and oxygen atoms in total. The molecular formula is C16H18N2OS. The number of aryl methyl sites for hydroxylation is 1. The van der Waals surface area contributed by atoms with Gasteiger partial charge in [-0.15, -0.1) is 11.8 Å². The Kier molecular flexibility index (Phi) is 4.21. The van der Waals surface area contributed by atoms with Gasteiger partial charge >= 0.3 is 0 Å². The third-order valence-corrected chi connectivity index (χ3v) is 4.45. The Morgan fingerprint density at radius 2 is 1.95 bits per heavy atom. The Balaban J connectivity index is 1.87. The van der Waals surface area contributed by atoms with Gasteiger partial charge in [-0.3, -0.25) is 0 Å². The van der Waals surface area contributed by atoms with E-state index in [1.165, 1.54) is 17.1 Å². The first kappa shape index (κ1) is 13.4. The lowest BCUT2D eigenvalue weighted by atomic mass is 10.2. The molecule has 1 aromatic heterocycles. The van der Waals surface area contributed by atoms with E-state index < -0.39 is 0 Å². The van der Waals surface area contributed by atoms with Crippen LogP contribution in [0.25, 0.3) is 11.0 Å². The number of ether oxygens (including phenoxy) is 1. The SMILES string of the molecule is CCOc1nc2ccccc2nc1CCC1=CCCS1. The highest BCUT2D eigenvalue weighted by molar-refractivity contribution is 8.03. The lowest BCUT2D eigenvalue weighted by Crippen LogP contribution is -2.03. The van der Waals surface area contributed by atoms with Crippen molar-refractivity contribution in [3.8, 4) is 5.88 Å². The molecule has 2 aromatic rings. The fourth-order valence-electron chi connectivity index (χ4n) is 2.32. The van der Waals surface area contributed by atoms with Gasteiger partial charge in [-0.25, -0.2) is 9.97 Å². The summed E-state index contributed by atoms with van der Waals surface area (Å²) < 4.78 is 5.66. The van der Waals surface area contributed by atoms with Crippen LogP contribution in [0.3, 0.4) is 0 Å². The number of rotatable bonds is 5. The third-order valence-electron chi connectivity index (χ3n) is 3.27. The Morgan fingerprint density at radius 3 is 2.65 bits per heavy atom. The minimum absolute atomic E-state index is 0.622. The first-order valence-electron chi connectivity index (χ1n) is 7.07. The van der Waals surface area contributed by atoms with Gasteiger partial charge in [-0.05, 0) is 43.2 Å². The van der Waals surface area contributed by atoms with Crippen LogP contribution in [0.15, 0.2) is 35.2 Å². The smallest absolute Gasteiger partial charge is 0.236 e. The molecule has 1 aliphatic heterocycles. The fraction of sp³-hybridized carbons (Fsp3) is 0.375. The average molecular weight is 286 g/mol. The molecule has 20 heavy (non-hydrogen) atoms. The summed E-state index contributed by atoms with van der Waals surface area (Å²) in [5.41, 5.74) is 2.81. The normalized spacial score (nSPS) is 14.6. The van der Waals surface area contributed by atoms with E-state index in [0.717, 1.165) is 29.6 Å². The van der Waals surface area contributed by atoms with E-state index in [-0.39, 0.29) is 0 Å². The van der Waals surface area contributed by atoms with Crippen LogP contribution in [0.5, 0.6) is 5.88 Å². The third kappa shape index (κ3) is 2.96. The van der Waals surface area contributed by atoms with Gasteiger partial charge in [0.05, 0.1) is 17.6 Å². The second-order valence-corrected chi connectivity index (χ2v) is 5.93. The predicted molar refractivity (Wildman–Crippen MR) is 84.2 cm³/mol. The first-order chi connectivity index (χ1) is 9.86. The topological polar surface area (TPSA) is 35.0 Å². The van der Waals surface area contributed by atoms with Crippen molar-refractivity contribution in [3.05, 3.63) is 40.9 Å². The highest BCUT2D eigenvalue weighted by Gasteiger charge is 2.12. The maximum Gasteiger partial charge on any atom is 0.236 e. The zero-order chi connectivity index (χ0) is 13.8. The monoisotopic (exact) mass is 286 g/mol. The number of hydrogen-bond acceptors (Lipinski definition) is 4. The fourth-order valence-corrected chi connectivity index (χ4v) is 3.30. The van der Waals surface area contributed by atoms with Crippen LogP contribution in [0, 0.1) is 0 Å². The van der Waals surface area contributed by atoms with Crippen molar-refractivity contribution in [1.82, 2.24) is 9.97 Å². The van der Waals surface area contributed by atoms with E-state index >= 15 is 0 Å². The summed E-state index contributed by atoms with van der Waals surface area (Å²) in [6.07, 6.45) is 5.46. The first-order valence-corrected chi connectivity index (χ1v) is 8.05. The Hall–Kier alpha value is -1.55. The van der Waals surface area contributed by atoms with Crippen molar-refractivity contribution in [2.45, 2.75) is 26.2 Å². The van der Waals surface area contributed by atoms with Gasteiger partial charge in [0.2, 0.25) is 5.88 Å². The number of allylic oxidation sites excluding steroid dienone is 2. The number of nitrogens with zero attached hydrogens (tertiary/aromatic N) is 2. The van der Waals surface area contributed by atoms with Crippen molar-refractivity contribution in [1.29, 1.82) is 0 Å². The average Bonchev–Trinajstić information content (AvgIpc) is 2.98. The van der Waals surface area contributed by atoms with E-state index in [2.05, 4.69) is 11.1 Å². The number of para-hydroxylation sites is 2. The van der Waals surface area contributed by atoms with Crippen LogP contribution < -0.4 is 4.74 Å². The summed E-state index contributed by atoms with van der Waals surface area (Å²) in [7, 11) is 0. The van der Waals surface area contributed by atoms with Crippen LogP contribution in [0.2, 0.25) is 0 Å². The molecule has 0 saturated heterocycles. The molecule has 0 N–H and O–H groups in total. The zero-order valence-corrected chi connectivity index (χ0v) is 12.4. The lowest BCUT2D eigenvalue weighted by Gasteiger charge is -2.10. The standard InChI is InChI=1S/C16H18N2OS/c1-2-19-16-15(10-9-12-6-5-11-20-12)17-13-7-3-4-8-14(13)18-16/h3-4,6-8H,2,5,9-11H2,1H3. The van der Waals surface area contributed by atoms with Crippen molar-refractivity contribution >= 4 is 22.8 Å². The number of aromatic nitrogens is 2. The molecule has 0 bridgehead atoms. The number of benzene rings is 1. The Bertz CT molecular complexity index is 639. The molecule has 1 aromatic carbocycles. The van der Waals surface area contributed by atoms with Crippen molar-refractivity contribution < 1.29 is 4.74 Å². The molecule has 3 rings (SSSR count). The van der Waals surface area contributed by atoms with Gasteiger partial charge in [0.25, 0.3) is 0 Å². The molecule has 0 radical (unpaired) electrons. The second kappa shape index (κ2) is 6.27. The van der Waals surface area contributed by atoms with Gasteiger partial charge in [-0.2, -0.15) is 0 Å². The molecule has 104 valence electrons. The Morgan fingerprint density at radius 1 is 1.15 bits per heavy atom. The maximum atomic E-state index is 5.66. The van der Waals surface area contributed by atoms with E-state index in [0.29, 0.717) is 12.5 Å². The van der Waals surface area contributed by atoms with E-state index in [9.17, 15) is 0 Å². The van der Waals surface area contributed by atoms with Gasteiger partial charge in [-0.1, -0.05) is 18.2 Å². The van der Waals surface area contributed by atoms with Crippen LogP contribution in [-0.4, -0.2) is 22.3 Å². The van der Waals surface area contributed by atoms with E-state index in [4.69, 9.17) is 9.72 Å². The molecule has 2 heterocycles. The van der Waals surface area contributed by atoms with Gasteiger partial charge < -0.3 is 4.74 Å². The quantitative estimate of drug-likeness (QED) is 0.832. The van der Waals surface area contributed by atoms with Crippen LogP contribution in [-0.2, 0) is 6.42 Å². The number of thioether (sulfide) groups is 1. The molecule has 0 atom stereocenters. The molecule has 0 saturated carbocycles. The Labute approximate surface area is 123 Å². The summed E-state index contributed by atoms with van der Waals surface area (Å²) >= 11 is 1.96. The predicted octanol–water partition coefficient (Wildman–Crippen LogP) is 3.98. The number of hydrogen-bond donors (Lipinski definition) is 0. The minimum Gasteiger partial charge on any atom is -0.477 e. The van der Waals surface area contributed by atoms with Crippen LogP contribution >= 0.6 is 11.8 Å². The highest BCUT2D eigenvalue weighted by atomic mass is 32.2. The number of fused-ring (bicyclic) bond motifs is 1. The zero-order valence-electron chi connectivity index (χ0n) is 11.6. The highest BCUT2D eigenvalue weighted by Crippen LogP contribution is 2.30. The lowest BCUT2D eigenvalue weighted by molar-refractivity contribution is 0.322. The van der Waals surface area contributed by atoms with Crippen molar-refractivity contribution in [3.63, 3.8) is 0 Å². The largest absolute Gasteiger partial charge is 0.477 e. The summed E-state index contributed by atoms with van der Waals surface area (Å²) in [6, 6.07) is 7.96. The summed E-state index contributed by atoms with van der Waals surface area (Å²) in [4.78, 5) is 10.8. The molecular weight excluding hydrogens is 268 g/mol. The summed E-state index contributed by atoms with van der Waals surface area (Å²) in [5.74, 6) is 1.91. The van der Waals surface area contributed by atoms with Crippen LogP contribution in [0.1, 0.15) is 25.5 Å². The van der Waals surface area contributed by atoms with Crippen molar-refractivity contribution in [2.75, 3.05) is 12.4 Å². The molecule has 0 spiro atoms. The minimum atomic E-state index is 0.622.